The lowest BCUT2D eigenvalue weighted by atomic mass is 9.94. The Balaban J connectivity index is 0.000000241. The van der Waals surface area contributed by atoms with Gasteiger partial charge in [0.05, 0.1) is 29.2 Å². The lowest BCUT2D eigenvalue weighted by molar-refractivity contribution is -0.118. The van der Waals surface area contributed by atoms with Crippen molar-refractivity contribution in [3.8, 4) is 0 Å². The molecule has 6 aromatic carbocycles. The minimum Gasteiger partial charge on any atom is -0.457 e. The van der Waals surface area contributed by atoms with E-state index in [1.165, 1.54) is 0 Å². The van der Waals surface area contributed by atoms with E-state index in [-0.39, 0.29) is 43.5 Å². The molecule has 0 aliphatic heterocycles. The average molecular weight is 1100 g/mol. The molecule has 0 aliphatic rings. The third-order valence-corrected chi connectivity index (χ3v) is 12.4. The minimum absolute atomic E-state index is 0.0271. The van der Waals surface area contributed by atoms with Crippen molar-refractivity contribution in [3.05, 3.63) is 214 Å². The Morgan fingerprint density at radius 2 is 0.975 bits per heavy atom. The number of fused-ring (bicyclic) bond motifs is 2. The van der Waals surface area contributed by atoms with Crippen molar-refractivity contribution < 1.29 is 51.2 Å². The summed E-state index contributed by atoms with van der Waals surface area (Å²) < 4.78 is 42.3. The predicted octanol–water partition coefficient (Wildman–Crippen LogP) is 12.3. The van der Waals surface area contributed by atoms with Crippen LogP contribution in [-0.4, -0.2) is 71.2 Å². The molecule has 3 amide bonds. The monoisotopic (exact) mass is 1100 g/mol. The Bertz CT molecular complexity index is 3590. The van der Waals surface area contributed by atoms with Gasteiger partial charge in [-0.1, -0.05) is 103 Å². The molecule has 16 nitrogen and oxygen atoms in total. The third kappa shape index (κ3) is 18.7. The van der Waals surface area contributed by atoms with Gasteiger partial charge in [-0.3, -0.25) is 24.1 Å². The number of hydrogen-bond donors (Lipinski definition) is 4. The Kier molecular flexibility index (Phi) is 20.9. The molecule has 2 atom stereocenters. The molecule has 2 heterocycles. The number of nitrogens with one attached hydrogen (secondary N) is 3. The smallest absolute Gasteiger partial charge is 0.407 e. The quantitative estimate of drug-likeness (QED) is 0.0426. The molecular formula is C63H67N5O11S. The summed E-state index contributed by atoms with van der Waals surface area (Å²) in [5.74, 6) is -2.05. The molecule has 416 valence electrons. The summed E-state index contributed by atoms with van der Waals surface area (Å²) in [7, 11) is -3.67. The van der Waals surface area contributed by atoms with Crippen LogP contribution in [0.5, 0.6) is 0 Å². The van der Waals surface area contributed by atoms with Crippen LogP contribution >= 0.6 is 0 Å². The van der Waals surface area contributed by atoms with E-state index in [9.17, 15) is 32.4 Å². The van der Waals surface area contributed by atoms with Gasteiger partial charge in [-0.2, -0.15) is 8.42 Å². The summed E-state index contributed by atoms with van der Waals surface area (Å²) in [5.41, 5.74) is 9.04. The number of ether oxygens (including phenoxy) is 3. The van der Waals surface area contributed by atoms with E-state index < -0.39 is 33.7 Å². The number of rotatable bonds is 15. The molecule has 80 heavy (non-hydrogen) atoms. The number of aromatic nitrogens is 2. The van der Waals surface area contributed by atoms with Gasteiger partial charge < -0.3 is 30.2 Å². The summed E-state index contributed by atoms with van der Waals surface area (Å²) in [6.07, 6.45) is 7.78. The molecule has 0 bridgehead atoms. The molecule has 8 rings (SSSR count). The fraction of sp³-hybridized carbons (Fsp3) is 0.254. The maximum Gasteiger partial charge on any atom is 0.407 e. The highest BCUT2D eigenvalue weighted by Crippen LogP contribution is 2.26. The molecule has 8 aromatic rings. The zero-order valence-electron chi connectivity index (χ0n) is 46.3. The highest BCUT2D eigenvalue weighted by molar-refractivity contribution is 7.85. The fourth-order valence-electron chi connectivity index (χ4n) is 8.45. The van der Waals surface area contributed by atoms with E-state index in [2.05, 4.69) is 25.9 Å². The maximum absolute atomic E-state index is 13.5. The van der Waals surface area contributed by atoms with Crippen molar-refractivity contribution in [2.45, 2.75) is 92.5 Å². The van der Waals surface area contributed by atoms with Gasteiger partial charge >= 0.3 is 18.0 Å². The van der Waals surface area contributed by atoms with Crippen LogP contribution in [0.25, 0.3) is 21.5 Å². The minimum atomic E-state index is -3.67. The summed E-state index contributed by atoms with van der Waals surface area (Å²) in [6, 6.07) is 41.3. The van der Waals surface area contributed by atoms with E-state index in [4.69, 9.17) is 18.8 Å². The number of esters is 2. The van der Waals surface area contributed by atoms with Gasteiger partial charge in [0, 0.05) is 53.5 Å². The third-order valence-electron chi connectivity index (χ3n) is 12.4. The van der Waals surface area contributed by atoms with Crippen LogP contribution in [-0.2, 0) is 47.1 Å². The fourth-order valence-corrected chi connectivity index (χ4v) is 8.45. The van der Waals surface area contributed by atoms with Gasteiger partial charge in [-0.05, 0) is 148 Å². The van der Waals surface area contributed by atoms with E-state index in [0.717, 1.165) is 66.2 Å². The SMILES string of the molecule is CC[C@@H](C(=O)Nc1ccc2cnccc2c1)c1ccc(COC(=O)c2ccc(C)cc2C)cc1.CS(=O)(=O)O.Cc1ccc(C(=O)OCc2ccc([C@@H](CNC(=O)OC(C)(C)C)C(=O)Nc3ccc4cnccc4c3)cc2)c(C)c1. The number of benzene rings is 6. The van der Waals surface area contributed by atoms with Gasteiger partial charge in [0.15, 0.2) is 0 Å². The number of aryl methyl sites for hydroxylation is 4. The molecule has 0 aliphatic carbocycles. The summed E-state index contributed by atoms with van der Waals surface area (Å²) in [6.45, 7) is 15.4. The highest BCUT2D eigenvalue weighted by Gasteiger charge is 2.25. The van der Waals surface area contributed by atoms with Crippen LogP contribution in [0.3, 0.4) is 0 Å². The van der Waals surface area contributed by atoms with Crippen molar-refractivity contribution in [1.29, 1.82) is 0 Å². The van der Waals surface area contributed by atoms with Crippen molar-refractivity contribution in [2.75, 3.05) is 23.4 Å². The van der Waals surface area contributed by atoms with Crippen LogP contribution in [0.1, 0.15) is 111 Å². The van der Waals surface area contributed by atoms with E-state index >= 15 is 0 Å². The van der Waals surface area contributed by atoms with Gasteiger partial charge in [-0.15, -0.1) is 0 Å². The first kappa shape index (κ1) is 60.4. The van der Waals surface area contributed by atoms with Crippen molar-refractivity contribution in [1.82, 2.24) is 15.3 Å². The predicted molar refractivity (Wildman–Crippen MR) is 311 cm³/mol. The number of hydrogen-bond acceptors (Lipinski definition) is 12. The molecule has 0 saturated carbocycles. The van der Waals surface area contributed by atoms with Crippen LogP contribution in [0.2, 0.25) is 0 Å². The zero-order valence-corrected chi connectivity index (χ0v) is 47.1. The van der Waals surface area contributed by atoms with Crippen LogP contribution < -0.4 is 16.0 Å². The van der Waals surface area contributed by atoms with Crippen LogP contribution in [0, 0.1) is 27.7 Å². The van der Waals surface area contributed by atoms with E-state index in [1.807, 2.05) is 132 Å². The molecule has 4 N–H and O–H groups in total. The van der Waals surface area contributed by atoms with Crippen molar-refractivity contribution >= 4 is 72.9 Å². The Morgan fingerprint density at radius 3 is 1.38 bits per heavy atom. The van der Waals surface area contributed by atoms with Gasteiger partial charge in [-0.25, -0.2) is 14.4 Å². The second kappa shape index (κ2) is 27.7. The maximum atomic E-state index is 13.5. The lowest BCUT2D eigenvalue weighted by Gasteiger charge is -2.22. The van der Waals surface area contributed by atoms with E-state index in [1.54, 1.807) is 82.0 Å². The van der Waals surface area contributed by atoms with Gasteiger partial charge in [0.25, 0.3) is 10.1 Å². The number of pyridine rings is 2. The lowest BCUT2D eigenvalue weighted by Crippen LogP contribution is -2.37. The Labute approximate surface area is 467 Å². The summed E-state index contributed by atoms with van der Waals surface area (Å²) in [5, 5.41) is 12.7. The molecule has 17 heteroatoms. The Hall–Kier alpha value is -8.80. The number of amides is 3. The van der Waals surface area contributed by atoms with Crippen LogP contribution in [0.4, 0.5) is 16.2 Å². The zero-order chi connectivity index (χ0) is 58.1. The first-order valence-electron chi connectivity index (χ1n) is 25.8. The van der Waals surface area contributed by atoms with Gasteiger partial charge in [0.2, 0.25) is 11.8 Å². The number of nitrogens with zero attached hydrogens (tertiary/aromatic N) is 2. The molecule has 0 saturated heterocycles. The second-order valence-corrected chi connectivity index (χ2v) is 21.7. The molecule has 0 fully saturated rings. The summed E-state index contributed by atoms with van der Waals surface area (Å²) >= 11 is 0. The largest absolute Gasteiger partial charge is 0.457 e. The standard InChI is InChI=1S/C33H35N3O5.C29H28N2O3.CH4O3S/c1-21-6-13-28(22(2)16-21)31(38)40-20-23-7-9-24(10-8-23)29(19-35-32(39)41-33(3,4)5)30(37)36-27-12-11-26-18-34-15-14-25(26)17-27;1-4-26(28(32)31-25-11-10-24-17-30-14-13-23(24)16-25)22-8-6-21(7-9-22)18-34-29(33)27-12-5-19(2)15-20(27)3;1-5(2,3)4/h6-18,29H,19-20H2,1-5H3,(H,35,39)(H,36,37);5-17,26H,4,18H2,1-3H3,(H,31,32);1H3,(H,2,3,4)/t29-;26-;/m11./s1. The molecule has 0 unspecified atom stereocenters. The topological polar surface area (TPSA) is 229 Å². The number of carbonyl (C=O) groups is 5. The first-order chi connectivity index (χ1) is 37.9. The normalized spacial score (nSPS) is 11.8. The van der Waals surface area contributed by atoms with Crippen LogP contribution in [0.15, 0.2) is 158 Å². The summed E-state index contributed by atoms with van der Waals surface area (Å²) in [4.78, 5) is 72.1. The average Bonchev–Trinajstić information content (AvgIpc) is 3.40. The molecule has 0 spiro atoms. The number of anilines is 2. The highest BCUT2D eigenvalue weighted by atomic mass is 32.2. The first-order valence-corrected chi connectivity index (χ1v) is 27.6. The molecule has 0 radical (unpaired) electrons. The second-order valence-electron chi connectivity index (χ2n) is 20.3. The number of carbonyl (C=O) groups excluding carboxylic acids is 5. The molecular weight excluding hydrogens is 1030 g/mol. The molecule has 2 aromatic heterocycles. The van der Waals surface area contributed by atoms with E-state index in [0.29, 0.717) is 35.1 Å². The Morgan fingerprint density at radius 1 is 0.562 bits per heavy atom. The van der Waals surface area contributed by atoms with Crippen molar-refractivity contribution in [3.63, 3.8) is 0 Å². The van der Waals surface area contributed by atoms with Crippen molar-refractivity contribution in [2.24, 2.45) is 0 Å². The van der Waals surface area contributed by atoms with Gasteiger partial charge in [0.1, 0.15) is 18.8 Å². The number of alkyl carbamates (subject to hydrolysis) is 1.